The molecule has 2 amide bonds. The number of carbonyl (C=O) groups excluding carboxylic acids is 2. The van der Waals surface area contributed by atoms with Gasteiger partial charge in [0.15, 0.2) is 10.8 Å². The maximum atomic E-state index is 13.3. The normalized spacial score (nSPS) is 18.2. The van der Waals surface area contributed by atoms with Gasteiger partial charge in [-0.3, -0.25) is 14.1 Å². The number of benzene rings is 1. The average Bonchev–Trinajstić information content (AvgIpc) is 3.47. The lowest BCUT2D eigenvalue weighted by molar-refractivity contribution is -0.218. The molecule has 8 N–H and O–H groups in total. The van der Waals surface area contributed by atoms with Crippen LogP contribution < -0.4 is 31.7 Å². The van der Waals surface area contributed by atoms with Crippen molar-refractivity contribution in [3.8, 4) is 5.75 Å². The number of ether oxygens (including phenoxy) is 1. The molecule has 0 radical (unpaired) electrons. The highest BCUT2D eigenvalue weighted by atomic mass is 32.3. The molecule has 2 aliphatic heterocycles. The first-order valence-electron chi connectivity index (χ1n) is 15.4. The number of carboxylic acid groups (broad SMARTS) is 1. The zero-order valence-corrected chi connectivity index (χ0v) is 28.6. The number of hydrogen-bond acceptors (Lipinski definition) is 16. The van der Waals surface area contributed by atoms with Gasteiger partial charge in [0.05, 0.1) is 11.1 Å². The van der Waals surface area contributed by atoms with Crippen LogP contribution in [0.1, 0.15) is 26.0 Å². The molecule has 1 aromatic carbocycles. The first-order chi connectivity index (χ1) is 23.7. The lowest BCUT2D eigenvalue weighted by Crippen LogP contribution is -2.76. The van der Waals surface area contributed by atoms with Crippen LogP contribution in [-0.2, 0) is 33.9 Å². The lowest BCUT2D eigenvalue weighted by atomic mass is 9.84. The van der Waals surface area contributed by atoms with E-state index in [1.165, 1.54) is 19.2 Å². The van der Waals surface area contributed by atoms with Crippen LogP contribution in [0.4, 0.5) is 10.9 Å². The van der Waals surface area contributed by atoms with Crippen molar-refractivity contribution < 1.29 is 46.3 Å². The number of hydroxylamine groups is 2. The number of amides is 2. The fourth-order valence-corrected chi connectivity index (χ4v) is 5.98. The summed E-state index contributed by atoms with van der Waals surface area (Å²) in [5, 5.41) is 28.5. The van der Waals surface area contributed by atoms with Crippen LogP contribution in [0.25, 0.3) is 10.9 Å². The molecular formula is C29H37N9O10S2. The summed E-state index contributed by atoms with van der Waals surface area (Å²) < 4.78 is 41.2. The summed E-state index contributed by atoms with van der Waals surface area (Å²) in [6, 6.07) is 7.43. The number of anilines is 2. The Hall–Kier alpha value is -4.67. The topological polar surface area (TPSA) is 269 Å². The van der Waals surface area contributed by atoms with Gasteiger partial charge in [0.1, 0.15) is 29.9 Å². The van der Waals surface area contributed by atoms with Crippen molar-refractivity contribution in [2.24, 2.45) is 11.1 Å². The minimum atomic E-state index is -5.02. The minimum Gasteiger partial charge on any atom is -0.489 e. The molecule has 0 saturated carbocycles. The number of carbonyl (C=O) groups is 3. The second kappa shape index (κ2) is 15.5. The molecule has 2 fully saturated rings. The molecule has 2 saturated heterocycles. The fourth-order valence-electron chi connectivity index (χ4n) is 4.98. The Morgan fingerprint density at radius 1 is 1.22 bits per heavy atom. The van der Waals surface area contributed by atoms with Crippen molar-refractivity contribution in [1.82, 2.24) is 31.0 Å². The molecule has 2 atom stereocenters. The van der Waals surface area contributed by atoms with E-state index in [0.29, 0.717) is 22.2 Å². The first-order valence-corrected chi connectivity index (χ1v) is 17.6. The Labute approximate surface area is 290 Å². The third-order valence-corrected chi connectivity index (χ3v) is 8.86. The van der Waals surface area contributed by atoms with E-state index in [9.17, 15) is 27.9 Å². The number of nitrogens with two attached hydrogens (primary N) is 1. The molecule has 21 heteroatoms. The summed E-state index contributed by atoms with van der Waals surface area (Å²) in [6.07, 6.45) is -0.741. The highest BCUT2D eigenvalue weighted by molar-refractivity contribution is 7.80. The predicted octanol–water partition coefficient (Wildman–Crippen LogP) is -0.0226. The van der Waals surface area contributed by atoms with Crippen LogP contribution >= 0.6 is 11.3 Å². The van der Waals surface area contributed by atoms with E-state index in [-0.39, 0.29) is 10.8 Å². The lowest BCUT2D eigenvalue weighted by Gasteiger charge is -2.50. The Morgan fingerprint density at radius 3 is 2.64 bits per heavy atom. The number of thiazole rings is 1. The van der Waals surface area contributed by atoms with Gasteiger partial charge in [-0.2, -0.15) is 13.5 Å². The maximum Gasteiger partial charge on any atom is 0.418 e. The SMILES string of the molecule is CC1(C)[C@H](NC(=O)/C(=N\OC(COc2ccc3nc(NCCCNCC4CNC4)ccc3c2)C(=O)O)c2csc(N)n2)C(=O)N1OS(=O)(=O)O. The van der Waals surface area contributed by atoms with Crippen molar-refractivity contribution in [3.63, 3.8) is 0 Å². The number of hydrogen-bond donors (Lipinski definition) is 7. The average molecular weight is 736 g/mol. The monoisotopic (exact) mass is 735 g/mol. The van der Waals surface area contributed by atoms with Crippen molar-refractivity contribution >= 4 is 67.1 Å². The van der Waals surface area contributed by atoms with E-state index >= 15 is 0 Å². The highest BCUT2D eigenvalue weighted by Crippen LogP contribution is 2.33. The number of rotatable bonds is 18. The van der Waals surface area contributed by atoms with Crippen molar-refractivity contribution in [2.45, 2.75) is 38.0 Å². The molecule has 1 unspecified atom stereocenters. The van der Waals surface area contributed by atoms with Gasteiger partial charge in [0.2, 0.25) is 0 Å². The quantitative estimate of drug-likeness (QED) is 0.0297. The Balaban J connectivity index is 1.18. The van der Waals surface area contributed by atoms with E-state index in [1.807, 2.05) is 12.1 Å². The molecule has 50 heavy (non-hydrogen) atoms. The van der Waals surface area contributed by atoms with Gasteiger partial charge in [-0.25, -0.2) is 14.8 Å². The van der Waals surface area contributed by atoms with Crippen LogP contribution in [-0.4, -0.2) is 114 Å². The largest absolute Gasteiger partial charge is 0.489 e. The van der Waals surface area contributed by atoms with E-state index < -0.39 is 58.2 Å². The zero-order valence-electron chi connectivity index (χ0n) is 27.0. The number of β-lactam (4-membered cyclic amide) rings is 1. The molecule has 0 aliphatic carbocycles. The number of nitrogens with one attached hydrogen (secondary N) is 4. The van der Waals surface area contributed by atoms with E-state index in [1.54, 1.807) is 18.2 Å². The van der Waals surface area contributed by atoms with Crippen LogP contribution in [0.2, 0.25) is 0 Å². The molecule has 19 nitrogen and oxygen atoms in total. The summed E-state index contributed by atoms with van der Waals surface area (Å²) in [6.45, 7) is 7.05. The van der Waals surface area contributed by atoms with Gasteiger partial charge in [-0.05, 0) is 63.1 Å². The van der Waals surface area contributed by atoms with Gasteiger partial charge in [-0.15, -0.1) is 15.6 Å². The van der Waals surface area contributed by atoms with Gasteiger partial charge >= 0.3 is 16.4 Å². The molecule has 0 bridgehead atoms. The summed E-state index contributed by atoms with van der Waals surface area (Å²) in [5.41, 5.74) is 4.38. The van der Waals surface area contributed by atoms with E-state index in [4.69, 9.17) is 19.9 Å². The molecule has 2 aliphatic rings. The number of aliphatic carboxylic acids is 1. The van der Waals surface area contributed by atoms with Gasteiger partial charge < -0.3 is 41.7 Å². The van der Waals surface area contributed by atoms with Crippen LogP contribution in [0.3, 0.4) is 0 Å². The van der Waals surface area contributed by atoms with Crippen molar-refractivity contribution in [2.75, 3.05) is 50.4 Å². The summed E-state index contributed by atoms with van der Waals surface area (Å²) in [5.74, 6) is -1.69. The molecule has 270 valence electrons. The van der Waals surface area contributed by atoms with E-state index in [0.717, 1.165) is 61.7 Å². The highest BCUT2D eigenvalue weighted by Gasteiger charge is 2.58. The van der Waals surface area contributed by atoms with Crippen molar-refractivity contribution in [1.29, 1.82) is 0 Å². The number of aromatic nitrogens is 2. The Kier molecular flexibility index (Phi) is 11.3. The number of nitrogen functional groups attached to an aromatic ring is 1. The van der Waals surface area contributed by atoms with Crippen LogP contribution in [0.5, 0.6) is 5.75 Å². The zero-order chi connectivity index (χ0) is 36.1. The number of carboxylic acids is 1. The number of nitrogens with zero attached hydrogens (tertiary/aromatic N) is 4. The molecular weight excluding hydrogens is 699 g/mol. The molecule has 0 spiro atoms. The third-order valence-electron chi connectivity index (χ3n) is 7.84. The smallest absolute Gasteiger partial charge is 0.418 e. The molecule has 3 aromatic rings. The van der Waals surface area contributed by atoms with Crippen LogP contribution in [0, 0.1) is 5.92 Å². The second-order valence-corrected chi connectivity index (χ2v) is 13.9. The summed E-state index contributed by atoms with van der Waals surface area (Å²) in [4.78, 5) is 51.6. The standard InChI is InChI=1S/C29H37N9O10S2/c1-29(2)24(26(40)38(29)48-50(43,44)45)36-25(39)23(20-15-49-28(30)35-20)37-47-21(27(41)42)14-46-18-5-6-19-17(10-18)4-7-22(34-19)33-9-3-8-31-11-16-12-32-13-16/h4-7,10,15-16,21,24,31-32H,3,8-9,11-14H2,1-2H3,(H2,30,35)(H,33,34)(H,36,39)(H,41,42)(H,43,44,45)/b37-23-/t21?,24-/m1/s1. The van der Waals surface area contributed by atoms with Gasteiger partial charge in [0, 0.05) is 36.9 Å². The van der Waals surface area contributed by atoms with E-state index in [2.05, 4.69) is 40.7 Å². The Bertz CT molecular complexity index is 1870. The number of oxime groups is 1. The molecule has 4 heterocycles. The first kappa shape index (κ1) is 36.6. The van der Waals surface area contributed by atoms with Gasteiger partial charge in [-0.1, -0.05) is 5.16 Å². The number of fused-ring (bicyclic) bond motifs is 1. The maximum absolute atomic E-state index is 13.3. The third kappa shape index (κ3) is 9.11. The Morgan fingerprint density at radius 2 is 2.00 bits per heavy atom. The fraction of sp³-hybridized carbons (Fsp3) is 0.448. The second-order valence-electron chi connectivity index (χ2n) is 12.0. The molecule has 5 rings (SSSR count). The summed E-state index contributed by atoms with van der Waals surface area (Å²) >= 11 is 0.962. The van der Waals surface area contributed by atoms with Gasteiger partial charge in [0.25, 0.3) is 17.9 Å². The number of pyridine rings is 1. The minimum absolute atomic E-state index is 0.0602. The van der Waals surface area contributed by atoms with Crippen molar-refractivity contribution in [3.05, 3.63) is 41.4 Å². The predicted molar refractivity (Wildman–Crippen MR) is 181 cm³/mol. The summed E-state index contributed by atoms with van der Waals surface area (Å²) in [7, 11) is -5.02. The van der Waals surface area contributed by atoms with Crippen LogP contribution in [0.15, 0.2) is 40.9 Å². The molecule has 2 aromatic heterocycles.